The fourth-order valence-corrected chi connectivity index (χ4v) is 10.0. The molecule has 0 aliphatic rings. The van der Waals surface area contributed by atoms with Crippen LogP contribution in [0.1, 0.15) is 124 Å². The van der Waals surface area contributed by atoms with E-state index in [4.69, 9.17) is 13.0 Å². The predicted octanol–water partition coefficient (Wildman–Crippen LogP) is 9.30. The van der Waals surface area contributed by atoms with Crippen LogP contribution in [0.15, 0.2) is 24.6 Å². The number of hydrogen-bond acceptors (Lipinski definition) is 3. The van der Waals surface area contributed by atoms with Crippen molar-refractivity contribution in [1.82, 2.24) is 0 Å². The predicted molar refractivity (Wildman–Crippen MR) is 146 cm³/mol. The minimum Gasteiger partial charge on any atom is -0.409 e. The lowest BCUT2D eigenvalue weighted by atomic mass is 10.1. The molecule has 190 valence electrons. The third-order valence-electron chi connectivity index (χ3n) is 6.17. The SMILES string of the molecule is C=C[Si](C)(OCCCCCCCCCCCCC)O[Si](C)(C=C)OC(CCC)CCCC. The molecule has 0 bridgehead atoms. The topological polar surface area (TPSA) is 27.7 Å². The third kappa shape index (κ3) is 16.4. The Bertz CT molecular complexity index is 460. The van der Waals surface area contributed by atoms with Crippen LogP contribution in [0.5, 0.6) is 0 Å². The van der Waals surface area contributed by atoms with E-state index >= 15 is 0 Å². The summed E-state index contributed by atoms with van der Waals surface area (Å²) in [7, 11) is -4.97. The summed E-state index contributed by atoms with van der Waals surface area (Å²) in [4.78, 5) is 0. The smallest absolute Gasteiger partial charge is 0.352 e. The summed E-state index contributed by atoms with van der Waals surface area (Å²) < 4.78 is 19.4. The van der Waals surface area contributed by atoms with E-state index in [1.807, 2.05) is 11.4 Å². The molecule has 0 rings (SSSR count). The molecule has 0 aromatic heterocycles. The Labute approximate surface area is 203 Å². The molecule has 3 atom stereocenters. The van der Waals surface area contributed by atoms with Crippen LogP contribution in [0.3, 0.4) is 0 Å². The van der Waals surface area contributed by atoms with Gasteiger partial charge in [0.15, 0.2) is 0 Å². The first-order chi connectivity index (χ1) is 15.4. The van der Waals surface area contributed by atoms with Crippen molar-refractivity contribution in [2.75, 3.05) is 6.61 Å². The first-order valence-electron chi connectivity index (χ1n) is 13.7. The molecular formula is C27H56O3Si2. The van der Waals surface area contributed by atoms with Gasteiger partial charge in [0.2, 0.25) is 0 Å². The highest BCUT2D eigenvalue weighted by molar-refractivity contribution is 6.84. The number of hydrogen-bond donors (Lipinski definition) is 0. The number of unbranched alkanes of at least 4 members (excludes halogenated alkanes) is 11. The summed E-state index contributed by atoms with van der Waals surface area (Å²) in [6.45, 7) is 19.8. The average molecular weight is 485 g/mol. The summed E-state index contributed by atoms with van der Waals surface area (Å²) in [5, 5.41) is 0. The van der Waals surface area contributed by atoms with Crippen molar-refractivity contribution in [1.29, 1.82) is 0 Å². The van der Waals surface area contributed by atoms with E-state index in [0.29, 0.717) is 0 Å². The van der Waals surface area contributed by atoms with Crippen LogP contribution in [0.4, 0.5) is 0 Å². The third-order valence-corrected chi connectivity index (χ3v) is 12.5. The highest BCUT2D eigenvalue weighted by Crippen LogP contribution is 2.24. The summed E-state index contributed by atoms with van der Waals surface area (Å²) >= 11 is 0. The van der Waals surface area contributed by atoms with Crippen LogP contribution in [-0.4, -0.2) is 29.8 Å². The maximum absolute atomic E-state index is 6.58. The first-order valence-corrected chi connectivity index (χ1v) is 18.5. The Morgan fingerprint density at radius 3 is 1.59 bits per heavy atom. The summed E-state index contributed by atoms with van der Waals surface area (Å²) in [5.41, 5.74) is 3.83. The Hall–Kier alpha value is -0.206. The molecular weight excluding hydrogens is 428 g/mol. The highest BCUT2D eigenvalue weighted by atomic mass is 28.5. The summed E-state index contributed by atoms with van der Waals surface area (Å²) in [5.74, 6) is 0. The van der Waals surface area contributed by atoms with Crippen molar-refractivity contribution in [2.24, 2.45) is 0 Å². The van der Waals surface area contributed by atoms with E-state index < -0.39 is 17.1 Å². The van der Waals surface area contributed by atoms with Gasteiger partial charge in [-0.15, -0.1) is 13.2 Å². The fraction of sp³-hybridized carbons (Fsp3) is 0.852. The van der Waals surface area contributed by atoms with Gasteiger partial charge in [-0.25, -0.2) is 0 Å². The van der Waals surface area contributed by atoms with Crippen molar-refractivity contribution in [2.45, 2.75) is 143 Å². The van der Waals surface area contributed by atoms with Gasteiger partial charge in [-0.05, 0) is 32.4 Å². The molecule has 32 heavy (non-hydrogen) atoms. The zero-order chi connectivity index (χ0) is 24.1. The van der Waals surface area contributed by atoms with E-state index in [1.54, 1.807) is 0 Å². The maximum atomic E-state index is 6.58. The van der Waals surface area contributed by atoms with Crippen molar-refractivity contribution in [3.8, 4) is 0 Å². The standard InChI is InChI=1S/C27H56O3Si2/c1-8-13-15-16-17-18-19-20-21-22-23-26-28-31(6,11-4)30-32(7,12-5)29-27(24-10-3)25-14-9-2/h11-12,27H,4-5,8-10,13-26H2,1-3,6-7H3. The fourth-order valence-electron chi connectivity index (χ4n) is 4.03. The van der Waals surface area contributed by atoms with Crippen molar-refractivity contribution in [3.05, 3.63) is 24.6 Å². The van der Waals surface area contributed by atoms with E-state index in [0.717, 1.165) is 32.3 Å². The minimum absolute atomic E-state index is 0.254. The van der Waals surface area contributed by atoms with Crippen LogP contribution in [0, 0.1) is 0 Å². The lowest BCUT2D eigenvalue weighted by Crippen LogP contribution is -2.51. The average Bonchev–Trinajstić information content (AvgIpc) is 2.78. The molecule has 0 aliphatic carbocycles. The first kappa shape index (κ1) is 31.8. The largest absolute Gasteiger partial charge is 0.409 e. The molecule has 0 heterocycles. The molecule has 5 heteroatoms. The van der Waals surface area contributed by atoms with E-state index in [2.05, 4.69) is 47.0 Å². The normalized spacial score (nSPS) is 16.3. The minimum atomic E-state index is -2.50. The lowest BCUT2D eigenvalue weighted by molar-refractivity contribution is 0.127. The van der Waals surface area contributed by atoms with Gasteiger partial charge in [0.1, 0.15) is 0 Å². The van der Waals surface area contributed by atoms with Crippen LogP contribution >= 0.6 is 0 Å². The van der Waals surface area contributed by atoms with Crippen molar-refractivity contribution < 1.29 is 13.0 Å². The van der Waals surface area contributed by atoms with Crippen LogP contribution < -0.4 is 0 Å². The second kappa shape index (κ2) is 20.2. The van der Waals surface area contributed by atoms with Gasteiger partial charge in [-0.3, -0.25) is 0 Å². The van der Waals surface area contributed by atoms with Crippen LogP contribution in [0.2, 0.25) is 13.1 Å². The molecule has 0 saturated carbocycles. The monoisotopic (exact) mass is 484 g/mol. The quantitative estimate of drug-likeness (QED) is 0.101. The van der Waals surface area contributed by atoms with E-state index in [1.165, 1.54) is 77.0 Å². The molecule has 0 aromatic rings. The lowest BCUT2D eigenvalue weighted by Gasteiger charge is -2.36. The molecule has 0 radical (unpaired) electrons. The summed E-state index contributed by atoms with van der Waals surface area (Å²) in [6, 6.07) is 0. The van der Waals surface area contributed by atoms with Crippen molar-refractivity contribution in [3.63, 3.8) is 0 Å². The molecule has 3 nitrogen and oxygen atoms in total. The van der Waals surface area contributed by atoms with Gasteiger partial charge in [0.25, 0.3) is 0 Å². The van der Waals surface area contributed by atoms with Gasteiger partial charge in [-0.1, -0.05) is 116 Å². The Kier molecular flexibility index (Phi) is 20.1. The molecule has 0 fully saturated rings. The number of rotatable bonds is 24. The van der Waals surface area contributed by atoms with Crippen molar-refractivity contribution >= 4 is 17.1 Å². The van der Waals surface area contributed by atoms with Gasteiger partial charge in [-0.2, -0.15) is 0 Å². The second-order valence-corrected chi connectivity index (χ2v) is 15.8. The molecule has 0 amide bonds. The maximum Gasteiger partial charge on any atom is 0.352 e. The molecule has 0 aromatic carbocycles. The zero-order valence-electron chi connectivity index (χ0n) is 22.4. The van der Waals surface area contributed by atoms with Crippen LogP contribution in [0.25, 0.3) is 0 Å². The van der Waals surface area contributed by atoms with Gasteiger partial charge < -0.3 is 13.0 Å². The van der Waals surface area contributed by atoms with Gasteiger partial charge in [0.05, 0.1) is 0 Å². The Balaban J connectivity index is 4.26. The van der Waals surface area contributed by atoms with E-state index in [9.17, 15) is 0 Å². The molecule has 3 unspecified atom stereocenters. The van der Waals surface area contributed by atoms with E-state index in [-0.39, 0.29) is 6.10 Å². The van der Waals surface area contributed by atoms with Gasteiger partial charge >= 0.3 is 17.1 Å². The molecule has 0 aliphatic heterocycles. The second-order valence-electron chi connectivity index (χ2n) is 9.60. The molecule has 0 saturated heterocycles. The molecule has 0 spiro atoms. The van der Waals surface area contributed by atoms with Crippen LogP contribution in [-0.2, 0) is 13.0 Å². The zero-order valence-corrected chi connectivity index (χ0v) is 24.4. The Morgan fingerprint density at radius 2 is 1.12 bits per heavy atom. The Morgan fingerprint density at radius 1 is 0.625 bits per heavy atom. The summed E-state index contributed by atoms with van der Waals surface area (Å²) in [6.07, 6.45) is 20.7. The molecule has 0 N–H and O–H groups in total. The highest BCUT2D eigenvalue weighted by Gasteiger charge is 2.41. The van der Waals surface area contributed by atoms with Gasteiger partial charge in [0, 0.05) is 12.7 Å².